The minimum atomic E-state index is -2.86. The number of nitrogens with one attached hydrogen (secondary N) is 1. The van der Waals surface area contributed by atoms with Crippen molar-refractivity contribution in [1.29, 1.82) is 0 Å². The Balaban J connectivity index is 2.34. The monoisotopic (exact) mass is 281 g/mol. The van der Waals surface area contributed by atoms with Crippen LogP contribution in [0.1, 0.15) is 12.6 Å². The molecule has 0 atom stereocenters. The van der Waals surface area contributed by atoms with E-state index in [0.717, 1.165) is 17.2 Å². The summed E-state index contributed by atoms with van der Waals surface area (Å²) >= 11 is 2.90. The molecule has 0 saturated heterocycles. The average molecular weight is 281 g/mol. The molecule has 1 N–H and O–H groups in total. The lowest BCUT2D eigenvalue weighted by Crippen LogP contribution is -2.05. The van der Waals surface area contributed by atoms with Crippen LogP contribution in [0.3, 0.4) is 0 Å². The molecule has 5 nitrogen and oxygen atoms in total. The molecule has 0 aliphatic rings. The van der Waals surface area contributed by atoms with Crippen LogP contribution >= 0.6 is 23.3 Å². The van der Waals surface area contributed by atoms with Crippen LogP contribution in [0.2, 0.25) is 0 Å². The molecule has 1 heterocycles. The summed E-state index contributed by atoms with van der Waals surface area (Å²) in [7, 11) is -2.86. The Morgan fingerprint density at radius 3 is 2.88 bits per heavy atom. The molecule has 0 unspecified atom stereocenters. The molecular weight excluding hydrogens is 266 g/mol. The first kappa shape index (κ1) is 13.7. The van der Waals surface area contributed by atoms with Gasteiger partial charge in [-0.2, -0.15) is 11.8 Å². The Morgan fingerprint density at radius 2 is 2.25 bits per heavy atom. The molecule has 0 aliphatic heterocycles. The summed E-state index contributed by atoms with van der Waals surface area (Å²) in [5, 5.41) is 8.16. The second kappa shape index (κ2) is 6.41. The van der Waals surface area contributed by atoms with Gasteiger partial charge in [0.15, 0.2) is 0 Å². The van der Waals surface area contributed by atoms with Crippen LogP contribution in [-0.2, 0) is 15.6 Å². The van der Waals surface area contributed by atoms with Gasteiger partial charge in [0.1, 0.15) is 20.5 Å². The number of anilines is 1. The van der Waals surface area contributed by atoms with Gasteiger partial charge in [0, 0.05) is 35.8 Å². The molecule has 16 heavy (non-hydrogen) atoms. The molecule has 1 aromatic heterocycles. The highest BCUT2D eigenvalue weighted by Crippen LogP contribution is 2.22. The van der Waals surface area contributed by atoms with Crippen molar-refractivity contribution >= 4 is 38.1 Å². The molecule has 0 fully saturated rings. The van der Waals surface area contributed by atoms with Crippen molar-refractivity contribution in [3.05, 3.63) is 5.69 Å². The van der Waals surface area contributed by atoms with E-state index < -0.39 is 9.84 Å². The van der Waals surface area contributed by atoms with Gasteiger partial charge < -0.3 is 5.32 Å². The van der Waals surface area contributed by atoms with Crippen molar-refractivity contribution in [2.24, 2.45) is 0 Å². The van der Waals surface area contributed by atoms with Gasteiger partial charge in [-0.15, -0.1) is 5.10 Å². The van der Waals surface area contributed by atoms with Crippen LogP contribution in [-0.4, -0.2) is 42.3 Å². The Labute approximate surface area is 104 Å². The van der Waals surface area contributed by atoms with E-state index in [-0.39, 0.29) is 5.75 Å². The fourth-order valence-corrected chi connectivity index (χ4v) is 3.94. The standard InChI is InChI=1S/C8H15N3O2S3/c1-3-9-8-7(10-11-15-8)6-14-4-5-16(2,12)13/h9H,3-6H2,1-2H3. The molecule has 0 aliphatic carbocycles. The van der Waals surface area contributed by atoms with E-state index in [1.165, 1.54) is 17.8 Å². The number of hydrogen-bond donors (Lipinski definition) is 1. The highest BCUT2D eigenvalue weighted by Gasteiger charge is 2.08. The molecular formula is C8H15N3O2S3. The lowest BCUT2D eigenvalue weighted by molar-refractivity contribution is 0.603. The summed E-state index contributed by atoms with van der Waals surface area (Å²) in [6, 6.07) is 0. The second-order valence-corrected chi connectivity index (χ2v) is 7.38. The Bertz CT molecular complexity index is 416. The third kappa shape index (κ3) is 5.13. The molecule has 0 radical (unpaired) electrons. The van der Waals surface area contributed by atoms with E-state index in [2.05, 4.69) is 14.9 Å². The zero-order valence-electron chi connectivity index (χ0n) is 9.26. The number of aromatic nitrogens is 2. The fourth-order valence-electron chi connectivity index (χ4n) is 0.977. The molecule has 0 saturated carbocycles. The number of hydrogen-bond acceptors (Lipinski definition) is 7. The maximum absolute atomic E-state index is 10.9. The topological polar surface area (TPSA) is 72.0 Å². The van der Waals surface area contributed by atoms with Crippen molar-refractivity contribution in [3.63, 3.8) is 0 Å². The number of nitrogens with zero attached hydrogens (tertiary/aromatic N) is 2. The van der Waals surface area contributed by atoms with Gasteiger partial charge in [0.25, 0.3) is 0 Å². The van der Waals surface area contributed by atoms with Crippen LogP contribution < -0.4 is 5.32 Å². The first-order valence-corrected chi connectivity index (χ1v) is 8.82. The van der Waals surface area contributed by atoms with Gasteiger partial charge in [-0.25, -0.2) is 8.42 Å². The summed E-state index contributed by atoms with van der Waals surface area (Å²) in [4.78, 5) is 0. The molecule has 1 rings (SSSR count). The molecule has 1 aromatic rings. The predicted octanol–water partition coefficient (Wildman–Crippen LogP) is 1.25. The third-order valence-corrected chi connectivity index (χ3v) is 4.63. The summed E-state index contributed by atoms with van der Waals surface area (Å²) in [6.07, 6.45) is 1.25. The normalized spacial score (nSPS) is 11.6. The Hall–Kier alpha value is -0.340. The molecule has 0 bridgehead atoms. The zero-order chi connectivity index (χ0) is 12.0. The Morgan fingerprint density at radius 1 is 1.50 bits per heavy atom. The van der Waals surface area contributed by atoms with Gasteiger partial charge in [-0.05, 0) is 6.92 Å². The first-order chi connectivity index (χ1) is 7.53. The van der Waals surface area contributed by atoms with Gasteiger partial charge in [-0.1, -0.05) is 4.49 Å². The number of thioether (sulfide) groups is 1. The summed E-state index contributed by atoms with van der Waals surface area (Å²) in [5.74, 6) is 1.52. The van der Waals surface area contributed by atoms with E-state index in [9.17, 15) is 8.42 Å². The minimum Gasteiger partial charge on any atom is -0.374 e. The van der Waals surface area contributed by atoms with Crippen LogP contribution in [0.4, 0.5) is 5.00 Å². The van der Waals surface area contributed by atoms with Gasteiger partial charge in [-0.3, -0.25) is 0 Å². The maximum atomic E-state index is 10.9. The third-order valence-electron chi connectivity index (χ3n) is 1.73. The molecule has 0 amide bonds. The van der Waals surface area contributed by atoms with Crippen molar-refractivity contribution in [1.82, 2.24) is 9.59 Å². The average Bonchev–Trinajstić information content (AvgIpc) is 2.60. The first-order valence-electron chi connectivity index (χ1n) is 4.83. The van der Waals surface area contributed by atoms with Crippen molar-refractivity contribution in [2.75, 3.05) is 29.6 Å². The Kier molecular flexibility index (Phi) is 5.50. The molecule has 8 heteroatoms. The quantitative estimate of drug-likeness (QED) is 0.758. The number of sulfone groups is 1. The van der Waals surface area contributed by atoms with Crippen LogP contribution in [0.15, 0.2) is 0 Å². The summed E-state index contributed by atoms with van der Waals surface area (Å²) in [6.45, 7) is 2.85. The largest absolute Gasteiger partial charge is 0.374 e. The van der Waals surface area contributed by atoms with Gasteiger partial charge >= 0.3 is 0 Å². The zero-order valence-corrected chi connectivity index (χ0v) is 11.7. The van der Waals surface area contributed by atoms with E-state index >= 15 is 0 Å². The lowest BCUT2D eigenvalue weighted by atomic mass is 10.5. The van der Waals surface area contributed by atoms with E-state index in [1.54, 1.807) is 11.8 Å². The highest BCUT2D eigenvalue weighted by atomic mass is 32.2. The SMILES string of the molecule is CCNc1snnc1CSCCS(C)(=O)=O. The highest BCUT2D eigenvalue weighted by molar-refractivity contribution is 7.99. The van der Waals surface area contributed by atoms with Gasteiger partial charge in [0.05, 0.1) is 5.75 Å². The van der Waals surface area contributed by atoms with Crippen molar-refractivity contribution in [2.45, 2.75) is 12.7 Å². The summed E-state index contributed by atoms with van der Waals surface area (Å²) in [5.41, 5.74) is 0.908. The molecule has 92 valence electrons. The van der Waals surface area contributed by atoms with Crippen LogP contribution in [0.25, 0.3) is 0 Å². The fraction of sp³-hybridized carbons (Fsp3) is 0.750. The smallest absolute Gasteiger partial charge is 0.148 e. The minimum absolute atomic E-state index is 0.214. The molecule has 0 aromatic carbocycles. The van der Waals surface area contributed by atoms with Crippen molar-refractivity contribution in [3.8, 4) is 0 Å². The molecule has 0 spiro atoms. The lowest BCUT2D eigenvalue weighted by Gasteiger charge is -2.01. The van der Waals surface area contributed by atoms with Crippen LogP contribution in [0.5, 0.6) is 0 Å². The second-order valence-electron chi connectivity index (χ2n) is 3.26. The maximum Gasteiger partial charge on any atom is 0.148 e. The predicted molar refractivity (Wildman–Crippen MR) is 69.9 cm³/mol. The van der Waals surface area contributed by atoms with Gasteiger partial charge in [0.2, 0.25) is 0 Å². The van der Waals surface area contributed by atoms with Crippen molar-refractivity contribution < 1.29 is 8.42 Å². The summed E-state index contributed by atoms with van der Waals surface area (Å²) < 4.78 is 25.7. The van der Waals surface area contributed by atoms with E-state index in [4.69, 9.17) is 0 Å². The van der Waals surface area contributed by atoms with Crippen LogP contribution in [0, 0.1) is 0 Å². The number of rotatable bonds is 7. The van der Waals surface area contributed by atoms with E-state index in [0.29, 0.717) is 11.5 Å². The van der Waals surface area contributed by atoms with E-state index in [1.807, 2.05) is 6.92 Å².